The molecule has 2 aliphatic rings. The van der Waals surface area contributed by atoms with Gasteiger partial charge in [-0.3, -0.25) is 9.59 Å². The summed E-state index contributed by atoms with van der Waals surface area (Å²) < 4.78 is 5.84. The number of para-hydroxylation sites is 2. The van der Waals surface area contributed by atoms with Crippen LogP contribution in [0.1, 0.15) is 43.4 Å². The first-order valence-corrected chi connectivity index (χ1v) is 12.0. The highest BCUT2D eigenvalue weighted by atomic mass is 32.1. The first-order valence-electron chi connectivity index (χ1n) is 11.1. The molecular formula is C26H27N3O3S. The number of fused-ring (bicyclic) bond motifs is 1. The number of carbonyl (C=O) groups is 2. The zero-order valence-electron chi connectivity index (χ0n) is 18.8. The van der Waals surface area contributed by atoms with Crippen molar-refractivity contribution in [3.05, 3.63) is 82.1 Å². The molecule has 1 amide bonds. The van der Waals surface area contributed by atoms with Crippen LogP contribution in [0.2, 0.25) is 0 Å². The lowest BCUT2D eigenvalue weighted by molar-refractivity contribution is -0.121. The van der Waals surface area contributed by atoms with Crippen molar-refractivity contribution in [3.63, 3.8) is 0 Å². The van der Waals surface area contributed by atoms with Gasteiger partial charge in [-0.15, -0.1) is 11.3 Å². The number of hydrogen-bond acceptors (Lipinski definition) is 6. The monoisotopic (exact) mass is 461 g/mol. The number of hydrogen-bond donors (Lipinski definition) is 2. The van der Waals surface area contributed by atoms with Crippen molar-refractivity contribution in [3.8, 4) is 0 Å². The zero-order chi connectivity index (χ0) is 23.0. The number of rotatable bonds is 5. The smallest absolute Gasteiger partial charge is 0.239 e. The molecule has 2 N–H and O–H groups in total. The highest BCUT2D eigenvalue weighted by molar-refractivity contribution is 7.09. The number of ketones is 1. The van der Waals surface area contributed by atoms with E-state index in [2.05, 4.69) is 24.5 Å². The van der Waals surface area contributed by atoms with E-state index in [1.165, 1.54) is 0 Å². The topological polar surface area (TPSA) is 74.6 Å². The van der Waals surface area contributed by atoms with Gasteiger partial charge in [-0.25, -0.2) is 0 Å². The highest BCUT2D eigenvalue weighted by Crippen LogP contribution is 2.48. The van der Waals surface area contributed by atoms with Crippen LogP contribution in [0.15, 0.2) is 75.9 Å². The van der Waals surface area contributed by atoms with Gasteiger partial charge < -0.3 is 20.0 Å². The number of allylic oxidation sites excluding steroid dienone is 1. The molecule has 0 radical (unpaired) electrons. The van der Waals surface area contributed by atoms with E-state index in [0.29, 0.717) is 24.3 Å². The van der Waals surface area contributed by atoms with Crippen LogP contribution in [0, 0.1) is 5.41 Å². The fourth-order valence-corrected chi connectivity index (χ4v) is 5.42. The summed E-state index contributed by atoms with van der Waals surface area (Å²) in [4.78, 5) is 29.7. The van der Waals surface area contributed by atoms with Gasteiger partial charge >= 0.3 is 0 Å². The van der Waals surface area contributed by atoms with Crippen molar-refractivity contribution in [1.82, 2.24) is 5.32 Å². The Bertz CT molecular complexity index is 1200. The molecule has 6 nitrogen and oxygen atoms in total. The minimum absolute atomic E-state index is 0.0898. The highest BCUT2D eigenvalue weighted by Gasteiger charge is 2.42. The molecule has 0 saturated carbocycles. The standard InChI is InChI=1S/C26H27N3O3S/c1-26(2)13-19-24(21(30)14-26)25(22-10-5-11-32-22)29(20-9-4-3-8-18(20)28-19)16-23(31)27-15-17-7-6-12-33-17/h3-12,25,28H,13-16H2,1-2H3,(H,27,31)/t25-/m1/s1. The first kappa shape index (κ1) is 21.5. The number of nitrogens with one attached hydrogen (secondary N) is 2. The summed E-state index contributed by atoms with van der Waals surface area (Å²) in [5.41, 5.74) is 3.21. The van der Waals surface area contributed by atoms with Crippen LogP contribution in [0.4, 0.5) is 11.4 Å². The summed E-state index contributed by atoms with van der Waals surface area (Å²) in [7, 11) is 0. The molecule has 3 aromatic rings. The molecule has 0 fully saturated rings. The summed E-state index contributed by atoms with van der Waals surface area (Å²) in [6.45, 7) is 4.81. The van der Waals surface area contributed by atoms with Gasteiger partial charge in [0.25, 0.3) is 0 Å². The zero-order valence-corrected chi connectivity index (χ0v) is 19.6. The van der Waals surface area contributed by atoms with Gasteiger partial charge in [0, 0.05) is 22.6 Å². The maximum Gasteiger partial charge on any atom is 0.239 e. The van der Waals surface area contributed by atoms with Crippen LogP contribution in [0.3, 0.4) is 0 Å². The Balaban J connectivity index is 1.57. The molecule has 0 unspecified atom stereocenters. The van der Waals surface area contributed by atoms with Crippen LogP contribution < -0.4 is 15.5 Å². The molecule has 2 aromatic heterocycles. The van der Waals surface area contributed by atoms with Crippen molar-refractivity contribution < 1.29 is 14.0 Å². The van der Waals surface area contributed by atoms with Crippen LogP contribution >= 0.6 is 11.3 Å². The lowest BCUT2D eigenvalue weighted by Crippen LogP contribution is -2.41. The molecule has 1 aliphatic heterocycles. The minimum atomic E-state index is -0.484. The normalized spacial score (nSPS) is 19.4. The molecule has 1 aromatic carbocycles. The van der Waals surface area contributed by atoms with E-state index >= 15 is 0 Å². The molecule has 170 valence electrons. The van der Waals surface area contributed by atoms with E-state index in [1.54, 1.807) is 17.6 Å². The second-order valence-electron chi connectivity index (χ2n) is 9.38. The van der Waals surface area contributed by atoms with Crippen molar-refractivity contribution in [1.29, 1.82) is 0 Å². The Morgan fingerprint density at radius 2 is 2.03 bits per heavy atom. The largest absolute Gasteiger partial charge is 0.467 e. The Labute approximate surface area is 197 Å². The number of furan rings is 1. The number of amides is 1. The van der Waals surface area contributed by atoms with Crippen LogP contribution in [0.25, 0.3) is 0 Å². The molecule has 0 spiro atoms. The Morgan fingerprint density at radius 3 is 2.79 bits per heavy atom. The Morgan fingerprint density at radius 1 is 1.18 bits per heavy atom. The predicted octanol–water partition coefficient (Wildman–Crippen LogP) is 5.27. The molecule has 33 heavy (non-hydrogen) atoms. The number of carbonyl (C=O) groups excluding carboxylic acids is 2. The van der Waals surface area contributed by atoms with Gasteiger partial charge in [0.1, 0.15) is 11.8 Å². The number of benzene rings is 1. The molecule has 7 heteroatoms. The maximum atomic E-state index is 13.5. The number of anilines is 2. The van der Waals surface area contributed by atoms with Gasteiger partial charge in [-0.05, 0) is 47.5 Å². The third kappa shape index (κ3) is 4.33. The second kappa shape index (κ2) is 8.56. The average molecular weight is 462 g/mol. The Kier molecular flexibility index (Phi) is 5.58. The Hall–Kier alpha value is -3.32. The molecule has 1 aliphatic carbocycles. The van der Waals surface area contributed by atoms with Crippen molar-refractivity contribution in [2.24, 2.45) is 5.41 Å². The van der Waals surface area contributed by atoms with E-state index in [9.17, 15) is 9.59 Å². The number of Topliss-reactive ketones (excluding diaryl/α,β-unsaturated/α-hetero) is 1. The van der Waals surface area contributed by atoms with Gasteiger partial charge in [0.05, 0.1) is 30.7 Å². The van der Waals surface area contributed by atoms with Crippen LogP contribution in [0.5, 0.6) is 0 Å². The van der Waals surface area contributed by atoms with Gasteiger partial charge in [0.15, 0.2) is 5.78 Å². The van der Waals surface area contributed by atoms with Crippen molar-refractivity contribution in [2.75, 3.05) is 16.8 Å². The van der Waals surface area contributed by atoms with Crippen LogP contribution in [-0.4, -0.2) is 18.2 Å². The SMILES string of the molecule is CC1(C)CC(=O)C2=C(C1)Nc1ccccc1N(CC(=O)NCc1cccs1)[C@@H]2c1ccco1. The molecule has 3 heterocycles. The molecule has 0 saturated heterocycles. The summed E-state index contributed by atoms with van der Waals surface area (Å²) in [5, 5.41) is 8.56. The summed E-state index contributed by atoms with van der Waals surface area (Å²) in [6, 6.07) is 15.1. The predicted molar refractivity (Wildman–Crippen MR) is 130 cm³/mol. The van der Waals surface area contributed by atoms with Gasteiger partial charge in [-0.2, -0.15) is 0 Å². The summed E-state index contributed by atoms with van der Waals surface area (Å²) in [5.74, 6) is 0.634. The third-order valence-electron chi connectivity index (χ3n) is 6.17. The van der Waals surface area contributed by atoms with E-state index < -0.39 is 6.04 Å². The number of nitrogens with zero attached hydrogens (tertiary/aromatic N) is 1. The minimum Gasteiger partial charge on any atom is -0.467 e. The van der Waals surface area contributed by atoms with Crippen LogP contribution in [-0.2, 0) is 16.1 Å². The maximum absolute atomic E-state index is 13.5. The molecular weight excluding hydrogens is 434 g/mol. The van der Waals surface area contributed by atoms with E-state index in [-0.39, 0.29) is 23.7 Å². The average Bonchev–Trinajstić information content (AvgIpc) is 3.46. The lowest BCUT2D eigenvalue weighted by atomic mass is 9.74. The lowest BCUT2D eigenvalue weighted by Gasteiger charge is -2.36. The fraction of sp³-hybridized carbons (Fsp3) is 0.308. The van der Waals surface area contributed by atoms with Crippen molar-refractivity contribution in [2.45, 2.75) is 39.3 Å². The van der Waals surface area contributed by atoms with Gasteiger partial charge in [0.2, 0.25) is 5.91 Å². The second-order valence-corrected chi connectivity index (χ2v) is 10.4. The quantitative estimate of drug-likeness (QED) is 0.541. The van der Waals surface area contributed by atoms with E-state index in [1.807, 2.05) is 58.8 Å². The first-order chi connectivity index (χ1) is 15.9. The van der Waals surface area contributed by atoms with E-state index in [0.717, 1.165) is 28.4 Å². The van der Waals surface area contributed by atoms with Crippen molar-refractivity contribution >= 4 is 34.4 Å². The fourth-order valence-electron chi connectivity index (χ4n) is 4.78. The molecule has 1 atom stereocenters. The third-order valence-corrected chi connectivity index (χ3v) is 7.05. The summed E-state index contributed by atoms with van der Waals surface area (Å²) in [6.07, 6.45) is 2.82. The van der Waals surface area contributed by atoms with E-state index in [4.69, 9.17) is 4.42 Å². The number of thiophene rings is 1. The van der Waals surface area contributed by atoms with Gasteiger partial charge in [-0.1, -0.05) is 32.0 Å². The molecule has 5 rings (SSSR count). The summed E-state index contributed by atoms with van der Waals surface area (Å²) >= 11 is 1.61. The molecule has 0 bridgehead atoms.